The smallest absolute Gasteiger partial charge is 0.339 e. The summed E-state index contributed by atoms with van der Waals surface area (Å²) in [4.78, 5) is 31.1. The lowest BCUT2D eigenvalue weighted by atomic mass is 9.87. The second-order valence-corrected chi connectivity index (χ2v) is 12.7. The average Bonchev–Trinajstić information content (AvgIpc) is 3.62. The Morgan fingerprint density at radius 1 is 1.11 bits per heavy atom. The van der Waals surface area contributed by atoms with E-state index < -0.39 is 5.97 Å². The van der Waals surface area contributed by atoms with Crippen LogP contribution in [0, 0.1) is 31.1 Å². The lowest BCUT2D eigenvalue weighted by Gasteiger charge is -2.33. The summed E-state index contributed by atoms with van der Waals surface area (Å²) in [5.41, 5.74) is 7.60. The first-order valence-electron chi connectivity index (χ1n) is 16.0. The Labute approximate surface area is 265 Å². The van der Waals surface area contributed by atoms with Gasteiger partial charge in [0.05, 0.1) is 17.6 Å². The molecule has 1 amide bonds. The van der Waals surface area contributed by atoms with Gasteiger partial charge in [-0.05, 0) is 99.1 Å². The van der Waals surface area contributed by atoms with Crippen LogP contribution in [-0.2, 0) is 11.2 Å². The molecular formula is C37H41N5O3. The van der Waals surface area contributed by atoms with E-state index in [0.717, 1.165) is 56.6 Å². The Bertz CT molecular complexity index is 1700. The number of pyridine rings is 1. The number of aromatic carboxylic acids is 1. The fourth-order valence-electron chi connectivity index (χ4n) is 6.81. The van der Waals surface area contributed by atoms with Crippen molar-refractivity contribution in [3.8, 4) is 29.4 Å². The molecule has 3 aliphatic rings. The largest absolute Gasteiger partial charge is 0.478 e. The highest BCUT2D eigenvalue weighted by Gasteiger charge is 2.30. The number of rotatable bonds is 10. The van der Waals surface area contributed by atoms with Crippen LogP contribution in [0.25, 0.3) is 17.1 Å². The molecule has 1 atom stereocenters. The van der Waals surface area contributed by atoms with Gasteiger partial charge in [0.25, 0.3) is 0 Å². The van der Waals surface area contributed by atoms with Crippen LogP contribution in [0.1, 0.15) is 78.7 Å². The number of nitrogens with zero attached hydrogens (tertiary/aromatic N) is 4. The number of allylic oxidation sites excluding steroid dienone is 3. The van der Waals surface area contributed by atoms with Gasteiger partial charge in [0.15, 0.2) is 5.82 Å². The molecule has 2 aliphatic carbocycles. The molecule has 0 radical (unpaired) electrons. The van der Waals surface area contributed by atoms with E-state index in [9.17, 15) is 14.7 Å². The lowest BCUT2D eigenvalue weighted by molar-refractivity contribution is -0.132. The molecule has 1 saturated carbocycles. The molecule has 2 N–H and O–H groups in total. The monoisotopic (exact) mass is 603 g/mol. The Kier molecular flexibility index (Phi) is 8.99. The number of hydrogen-bond donors (Lipinski definition) is 2. The second-order valence-electron chi connectivity index (χ2n) is 12.7. The fourth-order valence-corrected chi connectivity index (χ4v) is 6.81. The summed E-state index contributed by atoms with van der Waals surface area (Å²) in [7, 11) is 0. The summed E-state index contributed by atoms with van der Waals surface area (Å²) in [5.74, 6) is 3.63. The number of fused-ring (bicyclic) bond motifs is 1. The number of piperidine rings is 1. The van der Waals surface area contributed by atoms with Crippen LogP contribution in [0.4, 0.5) is 0 Å². The van der Waals surface area contributed by atoms with Crippen LogP contribution >= 0.6 is 0 Å². The number of amides is 1. The molecule has 8 heteroatoms. The lowest BCUT2D eigenvalue weighted by Crippen LogP contribution is -2.38. The third kappa shape index (κ3) is 6.79. The van der Waals surface area contributed by atoms with Crippen LogP contribution in [-0.4, -0.2) is 56.3 Å². The van der Waals surface area contributed by atoms with E-state index in [-0.39, 0.29) is 11.6 Å². The van der Waals surface area contributed by atoms with Crippen LogP contribution in [0.3, 0.4) is 0 Å². The van der Waals surface area contributed by atoms with Gasteiger partial charge in [0, 0.05) is 37.7 Å². The molecule has 1 aromatic carbocycles. The zero-order valence-corrected chi connectivity index (χ0v) is 26.1. The number of carboxylic acids is 1. The molecule has 45 heavy (non-hydrogen) atoms. The van der Waals surface area contributed by atoms with Crippen molar-refractivity contribution in [1.29, 1.82) is 0 Å². The summed E-state index contributed by atoms with van der Waals surface area (Å²) >= 11 is 0. The zero-order chi connectivity index (χ0) is 31.5. The minimum absolute atomic E-state index is 0.167. The molecule has 1 aliphatic heterocycles. The number of aromatic nitrogens is 3. The number of hydrogen-bond acceptors (Lipinski definition) is 5. The highest BCUT2D eigenvalue weighted by atomic mass is 16.4. The van der Waals surface area contributed by atoms with Crippen molar-refractivity contribution >= 4 is 11.9 Å². The van der Waals surface area contributed by atoms with Gasteiger partial charge in [-0.1, -0.05) is 41.8 Å². The third-order valence-corrected chi connectivity index (χ3v) is 9.48. The number of carbonyl (C=O) groups excluding carboxylic acids is 1. The number of nitrogens with one attached hydrogen (secondary N) is 1. The molecule has 0 spiro atoms. The van der Waals surface area contributed by atoms with Gasteiger partial charge < -0.3 is 15.3 Å². The number of carboxylic acid groups (broad SMARTS) is 1. The minimum Gasteiger partial charge on any atom is -0.478 e. The van der Waals surface area contributed by atoms with E-state index in [1.807, 2.05) is 29.2 Å². The first kappa shape index (κ1) is 30.5. The first-order chi connectivity index (χ1) is 21.8. The van der Waals surface area contributed by atoms with Crippen molar-refractivity contribution in [1.82, 2.24) is 25.0 Å². The van der Waals surface area contributed by atoms with E-state index >= 15 is 0 Å². The van der Waals surface area contributed by atoms with Gasteiger partial charge in [-0.25, -0.2) is 14.5 Å². The maximum absolute atomic E-state index is 12.6. The summed E-state index contributed by atoms with van der Waals surface area (Å²) in [6.45, 7) is 6.24. The molecule has 2 fully saturated rings. The third-order valence-electron chi connectivity index (χ3n) is 9.48. The molecule has 232 valence electrons. The van der Waals surface area contributed by atoms with Gasteiger partial charge in [0.1, 0.15) is 5.56 Å². The molecule has 1 unspecified atom stereocenters. The number of benzene rings is 1. The van der Waals surface area contributed by atoms with Crippen molar-refractivity contribution < 1.29 is 14.7 Å². The summed E-state index contributed by atoms with van der Waals surface area (Å²) < 4.78 is 1.58. The highest BCUT2D eigenvalue weighted by Crippen LogP contribution is 2.39. The van der Waals surface area contributed by atoms with Gasteiger partial charge in [-0.3, -0.25) is 4.79 Å². The average molecular weight is 604 g/mol. The Balaban J connectivity index is 1.14. The molecule has 0 bridgehead atoms. The predicted molar refractivity (Wildman–Crippen MR) is 175 cm³/mol. The van der Waals surface area contributed by atoms with Crippen molar-refractivity contribution in [3.05, 3.63) is 88.3 Å². The van der Waals surface area contributed by atoms with Gasteiger partial charge in [-0.15, -0.1) is 6.42 Å². The minimum atomic E-state index is -1.00. The molecule has 1 saturated heterocycles. The predicted octanol–water partition coefficient (Wildman–Crippen LogP) is 6.06. The molecular weight excluding hydrogens is 562 g/mol. The number of aryl methyl sites for hydroxylation is 1. The Morgan fingerprint density at radius 3 is 2.60 bits per heavy atom. The van der Waals surface area contributed by atoms with Crippen LogP contribution < -0.4 is 5.32 Å². The summed E-state index contributed by atoms with van der Waals surface area (Å²) in [5, 5.41) is 17.6. The normalized spacial score (nSPS) is 19.0. The quantitative estimate of drug-likeness (QED) is 0.216. The number of carbonyl (C=O) groups is 2. The Hall–Kier alpha value is -4.48. The molecule has 6 rings (SSSR count). The van der Waals surface area contributed by atoms with Crippen LogP contribution in [0.5, 0.6) is 0 Å². The van der Waals surface area contributed by atoms with E-state index in [1.54, 1.807) is 11.6 Å². The van der Waals surface area contributed by atoms with Gasteiger partial charge in [-0.2, -0.15) is 5.10 Å². The zero-order valence-electron chi connectivity index (χ0n) is 26.1. The fraction of sp³-hybridized carbons (Fsp3) is 0.405. The SMILES string of the molecule is C#C/C=C(\C=C(\C)CNC1CCc2cccc(-c3cccc(-n4ncc(C(=O)O)c4C)n3)c21)C1CCN(C(=O)CC2CC2)CC1. The molecule has 8 nitrogen and oxygen atoms in total. The highest BCUT2D eigenvalue weighted by molar-refractivity contribution is 5.88. The molecule has 3 aromatic rings. The Morgan fingerprint density at radius 2 is 1.89 bits per heavy atom. The van der Waals surface area contributed by atoms with Gasteiger partial charge in [0.2, 0.25) is 5.91 Å². The maximum Gasteiger partial charge on any atom is 0.339 e. The van der Waals surface area contributed by atoms with Gasteiger partial charge >= 0.3 is 5.97 Å². The summed E-state index contributed by atoms with van der Waals surface area (Å²) in [6.07, 6.45) is 18.3. The van der Waals surface area contributed by atoms with E-state index in [1.165, 1.54) is 41.3 Å². The van der Waals surface area contributed by atoms with Crippen LogP contribution in [0.15, 0.2) is 65.9 Å². The van der Waals surface area contributed by atoms with Crippen molar-refractivity contribution in [2.45, 2.75) is 64.8 Å². The van der Waals surface area contributed by atoms with Crippen molar-refractivity contribution in [2.75, 3.05) is 19.6 Å². The molecule has 2 aromatic heterocycles. The van der Waals surface area contributed by atoms with Crippen molar-refractivity contribution in [2.24, 2.45) is 11.8 Å². The molecule has 3 heterocycles. The summed E-state index contributed by atoms with van der Waals surface area (Å²) in [6, 6.07) is 12.4. The van der Waals surface area contributed by atoms with E-state index in [2.05, 4.69) is 47.5 Å². The topological polar surface area (TPSA) is 100 Å². The van der Waals surface area contributed by atoms with E-state index in [4.69, 9.17) is 11.4 Å². The van der Waals surface area contributed by atoms with Crippen LogP contribution in [0.2, 0.25) is 0 Å². The number of terminal acetylenes is 1. The van der Waals surface area contributed by atoms with E-state index in [0.29, 0.717) is 35.7 Å². The first-order valence-corrected chi connectivity index (χ1v) is 16.0. The number of likely N-dealkylation sites (tertiary alicyclic amines) is 1. The van der Waals surface area contributed by atoms with Crippen molar-refractivity contribution in [3.63, 3.8) is 0 Å². The standard InChI is InChI=1S/C37H41N5O3/c1-4-7-29(27-16-18-41(19-17-27)35(43)21-26-12-13-26)20-24(2)22-38-33-15-14-28-8-5-9-30(36(28)33)32-10-6-11-34(40-32)42-25(3)31(23-39-42)37(44)45/h1,5-11,20,23,26-27,33,38H,12-19,21-22H2,2-3H3,(H,44,45)/b24-20-,29-7+. The second kappa shape index (κ2) is 13.3. The maximum atomic E-state index is 12.6.